The van der Waals surface area contributed by atoms with Gasteiger partial charge < -0.3 is 0 Å². The van der Waals surface area contributed by atoms with Gasteiger partial charge in [0.2, 0.25) is 0 Å². The molecule has 1 rings (SSSR count). The smallest absolute Gasteiger partial charge is 0.234 e. The Bertz CT molecular complexity index is 164. The summed E-state index contributed by atoms with van der Waals surface area (Å²) in [6.45, 7) is 4.26. The van der Waals surface area contributed by atoms with Crippen LogP contribution in [0.15, 0.2) is 0 Å². The van der Waals surface area contributed by atoms with Gasteiger partial charge >= 0.3 is 6.55 Å². The third kappa shape index (κ3) is 2.17. The van der Waals surface area contributed by atoms with E-state index < -0.39 is 6.55 Å². The number of nitrogens with zero attached hydrogens (tertiary/aromatic N) is 2. The van der Waals surface area contributed by atoms with Crippen molar-refractivity contribution in [2.75, 3.05) is 6.54 Å². The second-order valence-corrected chi connectivity index (χ2v) is 3.75. The molecule has 13 heavy (non-hydrogen) atoms. The summed E-state index contributed by atoms with van der Waals surface area (Å²) in [5.74, 6) is 0. The van der Waals surface area contributed by atoms with Gasteiger partial charge in [-0.1, -0.05) is 6.92 Å². The molecule has 0 bridgehead atoms. The van der Waals surface area contributed by atoms with E-state index in [0.29, 0.717) is 0 Å². The summed E-state index contributed by atoms with van der Waals surface area (Å²) in [6.07, 6.45) is 1.75. The highest BCUT2D eigenvalue weighted by atomic mass is 19.3. The predicted octanol–water partition coefficient (Wildman–Crippen LogP) is 2.32. The lowest BCUT2D eigenvalue weighted by Crippen LogP contribution is -2.45. The SMILES string of the molecule is CCCN1C(C)CC(C)N1C(F)F. The van der Waals surface area contributed by atoms with Crippen molar-refractivity contribution in [2.45, 2.75) is 52.2 Å². The van der Waals surface area contributed by atoms with Crippen LogP contribution in [0.4, 0.5) is 8.78 Å². The molecule has 1 aliphatic rings. The van der Waals surface area contributed by atoms with Crippen molar-refractivity contribution in [1.82, 2.24) is 10.0 Å². The normalized spacial score (nSPS) is 31.8. The molecule has 4 heteroatoms. The van der Waals surface area contributed by atoms with Crippen molar-refractivity contribution in [3.8, 4) is 0 Å². The van der Waals surface area contributed by atoms with Gasteiger partial charge in [-0.15, -0.1) is 0 Å². The van der Waals surface area contributed by atoms with E-state index in [1.54, 1.807) is 5.01 Å². The minimum Gasteiger partial charge on any atom is -0.234 e. The van der Waals surface area contributed by atoms with Gasteiger partial charge in [-0.05, 0) is 26.7 Å². The zero-order chi connectivity index (χ0) is 10.0. The Balaban J connectivity index is 2.65. The molecule has 78 valence electrons. The molecule has 1 saturated heterocycles. The lowest BCUT2D eigenvalue weighted by molar-refractivity contribution is -0.158. The van der Waals surface area contributed by atoms with Crippen LogP contribution in [-0.4, -0.2) is 35.2 Å². The standard InChI is InChI=1S/C9H18F2N2/c1-4-5-12-7(2)6-8(3)13(12)9(10)11/h7-9H,4-6H2,1-3H3. The second-order valence-electron chi connectivity index (χ2n) is 3.75. The molecule has 2 nitrogen and oxygen atoms in total. The number of halogens is 2. The van der Waals surface area contributed by atoms with Gasteiger partial charge in [0.1, 0.15) is 0 Å². The average molecular weight is 192 g/mol. The minimum absolute atomic E-state index is 0.0263. The quantitative estimate of drug-likeness (QED) is 0.633. The molecule has 0 saturated carbocycles. The molecule has 0 aliphatic carbocycles. The molecule has 0 aromatic rings. The fourth-order valence-electron chi connectivity index (χ4n) is 2.07. The van der Waals surface area contributed by atoms with Crippen molar-refractivity contribution >= 4 is 0 Å². The van der Waals surface area contributed by atoms with Gasteiger partial charge in [-0.2, -0.15) is 13.8 Å². The third-order valence-electron chi connectivity index (χ3n) is 2.59. The number of hydrogen-bond donors (Lipinski definition) is 0. The summed E-state index contributed by atoms with van der Waals surface area (Å²) < 4.78 is 25.2. The molecule has 0 spiro atoms. The van der Waals surface area contributed by atoms with Crippen LogP contribution in [0, 0.1) is 0 Å². The molecule has 0 N–H and O–H groups in total. The van der Waals surface area contributed by atoms with E-state index in [9.17, 15) is 8.78 Å². The first-order valence-corrected chi connectivity index (χ1v) is 4.91. The highest BCUT2D eigenvalue weighted by Gasteiger charge is 2.38. The Morgan fingerprint density at radius 2 is 1.92 bits per heavy atom. The van der Waals surface area contributed by atoms with Crippen molar-refractivity contribution in [3.05, 3.63) is 0 Å². The third-order valence-corrected chi connectivity index (χ3v) is 2.59. The molecular formula is C9H18F2N2. The van der Waals surface area contributed by atoms with E-state index in [-0.39, 0.29) is 12.1 Å². The summed E-state index contributed by atoms with van der Waals surface area (Å²) in [6, 6.07) is 0.227. The van der Waals surface area contributed by atoms with Crippen LogP contribution < -0.4 is 0 Å². The molecule has 1 heterocycles. The lowest BCUT2D eigenvalue weighted by Gasteiger charge is -2.31. The van der Waals surface area contributed by atoms with E-state index in [1.165, 1.54) is 5.01 Å². The lowest BCUT2D eigenvalue weighted by atomic mass is 10.2. The van der Waals surface area contributed by atoms with Crippen LogP contribution in [0.3, 0.4) is 0 Å². The summed E-state index contributed by atoms with van der Waals surface area (Å²) in [7, 11) is 0. The van der Waals surface area contributed by atoms with Crippen molar-refractivity contribution in [3.63, 3.8) is 0 Å². The van der Waals surface area contributed by atoms with Gasteiger partial charge in [-0.25, -0.2) is 5.01 Å². The van der Waals surface area contributed by atoms with Gasteiger partial charge in [0.05, 0.1) is 0 Å². The Morgan fingerprint density at radius 3 is 2.38 bits per heavy atom. The number of rotatable bonds is 3. The average Bonchev–Trinajstić information content (AvgIpc) is 2.27. The van der Waals surface area contributed by atoms with E-state index in [1.807, 2.05) is 20.8 Å². The van der Waals surface area contributed by atoms with Crippen LogP contribution in [-0.2, 0) is 0 Å². The van der Waals surface area contributed by atoms with E-state index >= 15 is 0 Å². The van der Waals surface area contributed by atoms with Crippen LogP contribution >= 0.6 is 0 Å². The molecule has 1 aliphatic heterocycles. The van der Waals surface area contributed by atoms with Crippen molar-refractivity contribution in [2.24, 2.45) is 0 Å². The molecule has 1 fully saturated rings. The maximum atomic E-state index is 12.6. The van der Waals surface area contributed by atoms with Crippen LogP contribution in [0.1, 0.15) is 33.6 Å². The van der Waals surface area contributed by atoms with Gasteiger partial charge in [0, 0.05) is 18.6 Å². The first kappa shape index (κ1) is 10.9. The molecule has 0 amide bonds. The molecular weight excluding hydrogens is 174 g/mol. The van der Waals surface area contributed by atoms with Crippen LogP contribution in [0.5, 0.6) is 0 Å². The van der Waals surface area contributed by atoms with Gasteiger partial charge in [0.25, 0.3) is 0 Å². The van der Waals surface area contributed by atoms with Gasteiger partial charge in [0.15, 0.2) is 0 Å². The molecule has 0 aromatic carbocycles. The Hall–Kier alpha value is -0.220. The summed E-state index contributed by atoms with van der Waals surface area (Å²) >= 11 is 0. The molecule has 0 radical (unpaired) electrons. The summed E-state index contributed by atoms with van der Waals surface area (Å²) in [5, 5.41) is 3.02. The number of hydrogen-bond acceptors (Lipinski definition) is 2. The fraction of sp³-hybridized carbons (Fsp3) is 1.00. The monoisotopic (exact) mass is 192 g/mol. The van der Waals surface area contributed by atoms with Crippen LogP contribution in [0.25, 0.3) is 0 Å². The largest absolute Gasteiger partial charge is 0.307 e. The maximum absolute atomic E-state index is 12.6. The Labute approximate surface area is 78.5 Å². The zero-order valence-electron chi connectivity index (χ0n) is 8.50. The van der Waals surface area contributed by atoms with Crippen LogP contribution in [0.2, 0.25) is 0 Å². The first-order chi connectivity index (χ1) is 6.07. The second kappa shape index (κ2) is 4.33. The highest BCUT2D eigenvalue weighted by Crippen LogP contribution is 2.27. The van der Waals surface area contributed by atoms with Crippen molar-refractivity contribution < 1.29 is 8.78 Å². The van der Waals surface area contributed by atoms with Crippen molar-refractivity contribution in [1.29, 1.82) is 0 Å². The molecule has 0 aromatic heterocycles. The van der Waals surface area contributed by atoms with E-state index in [4.69, 9.17) is 0 Å². The topological polar surface area (TPSA) is 6.48 Å². The number of alkyl halides is 2. The first-order valence-electron chi connectivity index (χ1n) is 4.91. The zero-order valence-corrected chi connectivity index (χ0v) is 8.50. The highest BCUT2D eigenvalue weighted by molar-refractivity contribution is 4.81. The fourth-order valence-corrected chi connectivity index (χ4v) is 2.07. The van der Waals surface area contributed by atoms with Gasteiger partial charge in [-0.3, -0.25) is 0 Å². The Kier molecular flexibility index (Phi) is 3.62. The Morgan fingerprint density at radius 1 is 1.31 bits per heavy atom. The molecule has 2 atom stereocenters. The minimum atomic E-state index is -2.36. The summed E-state index contributed by atoms with van der Waals surface area (Å²) in [5.41, 5.74) is 0. The summed E-state index contributed by atoms with van der Waals surface area (Å²) in [4.78, 5) is 0. The predicted molar refractivity (Wildman–Crippen MR) is 48.4 cm³/mol. The number of hydrazine groups is 1. The van der Waals surface area contributed by atoms with E-state index in [0.717, 1.165) is 19.4 Å². The maximum Gasteiger partial charge on any atom is 0.307 e. The molecule has 2 unspecified atom stereocenters. The van der Waals surface area contributed by atoms with E-state index in [2.05, 4.69) is 0 Å².